The van der Waals surface area contributed by atoms with Gasteiger partial charge in [0.2, 0.25) is 0 Å². The molecule has 112 valence electrons. The van der Waals surface area contributed by atoms with Crippen molar-refractivity contribution in [3.8, 4) is 11.4 Å². The third-order valence-electron chi connectivity index (χ3n) is 3.34. The molecule has 0 saturated heterocycles. The van der Waals surface area contributed by atoms with Gasteiger partial charge in [-0.3, -0.25) is 0 Å². The van der Waals surface area contributed by atoms with Crippen molar-refractivity contribution in [3.63, 3.8) is 0 Å². The minimum atomic E-state index is -0.584. The zero-order valence-corrected chi connectivity index (χ0v) is 12.9. The van der Waals surface area contributed by atoms with Crippen molar-refractivity contribution in [1.82, 2.24) is 9.71 Å². The summed E-state index contributed by atoms with van der Waals surface area (Å²) in [5.41, 5.74) is 1.89. The van der Waals surface area contributed by atoms with Gasteiger partial charge in [0.1, 0.15) is 5.52 Å². The van der Waals surface area contributed by atoms with Gasteiger partial charge in [-0.05, 0) is 32.9 Å². The molecular weight excluding hydrogens is 276 g/mol. The van der Waals surface area contributed by atoms with Crippen LogP contribution in [-0.4, -0.2) is 15.7 Å². The molecule has 0 N–H and O–H groups in total. The zero-order valence-electron chi connectivity index (χ0n) is 12.9. The Balaban J connectivity index is 2.16. The molecule has 1 heterocycles. The summed E-state index contributed by atoms with van der Waals surface area (Å²) in [6.45, 7) is 5.49. The highest BCUT2D eigenvalue weighted by Gasteiger charge is 2.26. The molecule has 4 heteroatoms. The van der Waals surface area contributed by atoms with E-state index in [9.17, 15) is 4.79 Å². The maximum atomic E-state index is 12.3. The number of imidazole rings is 1. The van der Waals surface area contributed by atoms with Crippen LogP contribution in [0.4, 0.5) is 0 Å². The number of hydrogen-bond acceptors (Lipinski definition) is 3. The predicted molar refractivity (Wildman–Crippen MR) is 86.2 cm³/mol. The van der Waals surface area contributed by atoms with E-state index in [1.807, 2.05) is 75.4 Å². The molecule has 0 saturated carbocycles. The van der Waals surface area contributed by atoms with Gasteiger partial charge in [-0.25, -0.2) is 9.78 Å². The predicted octanol–water partition coefficient (Wildman–Crippen LogP) is 3.70. The fourth-order valence-electron chi connectivity index (χ4n) is 2.09. The van der Waals surface area contributed by atoms with Gasteiger partial charge in [-0.2, -0.15) is 4.73 Å². The molecule has 22 heavy (non-hydrogen) atoms. The molecule has 0 radical (unpaired) electrons. The SMILES string of the molecule is CC(C)(C)C(=O)On1c(-c2ccccc2)nc2ccccc21. The lowest BCUT2D eigenvalue weighted by atomic mass is 9.98. The molecule has 0 atom stereocenters. The van der Waals surface area contributed by atoms with E-state index >= 15 is 0 Å². The first-order valence-electron chi connectivity index (χ1n) is 7.22. The van der Waals surface area contributed by atoms with Crippen molar-refractivity contribution in [1.29, 1.82) is 0 Å². The van der Waals surface area contributed by atoms with Gasteiger partial charge >= 0.3 is 5.97 Å². The fourth-order valence-corrected chi connectivity index (χ4v) is 2.09. The maximum Gasteiger partial charge on any atom is 0.338 e. The van der Waals surface area contributed by atoms with Gasteiger partial charge < -0.3 is 4.84 Å². The van der Waals surface area contributed by atoms with E-state index in [0.29, 0.717) is 5.82 Å². The third-order valence-corrected chi connectivity index (χ3v) is 3.34. The molecule has 2 aromatic carbocycles. The van der Waals surface area contributed by atoms with E-state index in [0.717, 1.165) is 16.6 Å². The Hall–Kier alpha value is -2.62. The van der Waals surface area contributed by atoms with E-state index in [1.54, 1.807) is 0 Å². The van der Waals surface area contributed by atoms with Crippen LogP contribution in [-0.2, 0) is 4.79 Å². The van der Waals surface area contributed by atoms with Gasteiger partial charge in [-0.1, -0.05) is 42.5 Å². The molecule has 0 aliphatic carbocycles. The second-order valence-electron chi connectivity index (χ2n) is 6.21. The van der Waals surface area contributed by atoms with E-state index in [-0.39, 0.29) is 5.97 Å². The smallest absolute Gasteiger partial charge is 0.334 e. The topological polar surface area (TPSA) is 44.1 Å². The summed E-state index contributed by atoms with van der Waals surface area (Å²) in [5, 5.41) is 0. The molecule has 3 rings (SSSR count). The van der Waals surface area contributed by atoms with Gasteiger partial charge in [0, 0.05) is 5.56 Å². The molecule has 0 bridgehead atoms. The van der Waals surface area contributed by atoms with Gasteiger partial charge in [0.15, 0.2) is 5.82 Å². The monoisotopic (exact) mass is 294 g/mol. The van der Waals surface area contributed by atoms with Crippen LogP contribution in [0.25, 0.3) is 22.4 Å². The minimum Gasteiger partial charge on any atom is -0.334 e. The van der Waals surface area contributed by atoms with Crippen LogP contribution in [0.2, 0.25) is 0 Å². The van der Waals surface area contributed by atoms with Crippen molar-refractivity contribution < 1.29 is 9.63 Å². The number of benzene rings is 2. The lowest BCUT2D eigenvalue weighted by Crippen LogP contribution is -2.31. The lowest BCUT2D eigenvalue weighted by Gasteiger charge is -2.17. The van der Waals surface area contributed by atoms with E-state index < -0.39 is 5.41 Å². The molecule has 0 fully saturated rings. The quantitative estimate of drug-likeness (QED) is 0.724. The number of rotatable bonds is 2. The Kier molecular flexibility index (Phi) is 3.45. The summed E-state index contributed by atoms with van der Waals surface area (Å²) in [7, 11) is 0. The number of carbonyl (C=O) groups excluding carboxylic acids is 1. The molecule has 1 aromatic heterocycles. The first kappa shape index (κ1) is 14.3. The Morgan fingerprint density at radius 3 is 2.32 bits per heavy atom. The Morgan fingerprint density at radius 1 is 1.00 bits per heavy atom. The van der Waals surface area contributed by atoms with Crippen molar-refractivity contribution in [2.45, 2.75) is 20.8 Å². The summed E-state index contributed by atoms with van der Waals surface area (Å²) in [6.07, 6.45) is 0. The van der Waals surface area contributed by atoms with Crippen LogP contribution < -0.4 is 4.84 Å². The van der Waals surface area contributed by atoms with Crippen LogP contribution in [0.5, 0.6) is 0 Å². The van der Waals surface area contributed by atoms with Crippen LogP contribution in [0, 0.1) is 5.41 Å². The second-order valence-corrected chi connectivity index (χ2v) is 6.21. The molecule has 3 aromatic rings. The first-order chi connectivity index (χ1) is 10.5. The highest BCUT2D eigenvalue weighted by atomic mass is 16.7. The van der Waals surface area contributed by atoms with Gasteiger partial charge in [-0.15, -0.1) is 0 Å². The number of fused-ring (bicyclic) bond motifs is 1. The number of hydrogen-bond donors (Lipinski definition) is 0. The van der Waals surface area contributed by atoms with Crippen LogP contribution >= 0.6 is 0 Å². The average Bonchev–Trinajstić information content (AvgIpc) is 2.86. The number of aromatic nitrogens is 2. The Labute approximate surface area is 129 Å². The van der Waals surface area contributed by atoms with Crippen LogP contribution in [0.3, 0.4) is 0 Å². The van der Waals surface area contributed by atoms with Crippen molar-refractivity contribution >= 4 is 17.0 Å². The maximum absolute atomic E-state index is 12.3. The summed E-state index contributed by atoms with van der Waals surface area (Å²) in [4.78, 5) is 22.5. The molecule has 4 nitrogen and oxygen atoms in total. The van der Waals surface area contributed by atoms with Crippen molar-refractivity contribution in [2.75, 3.05) is 0 Å². The number of nitrogens with zero attached hydrogens (tertiary/aromatic N) is 2. The Bertz CT molecular complexity index is 814. The minimum absolute atomic E-state index is 0.298. The lowest BCUT2D eigenvalue weighted by molar-refractivity contribution is -0.152. The van der Waals surface area contributed by atoms with E-state index in [1.165, 1.54) is 4.73 Å². The standard InChI is InChI=1S/C18H18N2O2/c1-18(2,3)17(21)22-20-15-12-8-7-11-14(15)19-16(20)13-9-5-4-6-10-13/h4-12H,1-3H3. The molecule has 0 aliphatic rings. The van der Waals surface area contributed by atoms with Crippen molar-refractivity contribution in [3.05, 3.63) is 54.6 Å². The van der Waals surface area contributed by atoms with Crippen LogP contribution in [0.1, 0.15) is 20.8 Å². The fraction of sp³-hybridized carbons (Fsp3) is 0.222. The van der Waals surface area contributed by atoms with E-state index in [2.05, 4.69) is 4.98 Å². The molecule has 0 spiro atoms. The molecule has 0 unspecified atom stereocenters. The number of carbonyl (C=O) groups is 1. The number of para-hydroxylation sites is 2. The summed E-state index contributed by atoms with van der Waals surface area (Å²) < 4.78 is 1.53. The summed E-state index contributed by atoms with van der Waals surface area (Å²) >= 11 is 0. The summed E-state index contributed by atoms with van der Waals surface area (Å²) in [6, 6.07) is 17.3. The first-order valence-corrected chi connectivity index (χ1v) is 7.22. The third kappa shape index (κ3) is 2.60. The molecular formula is C18H18N2O2. The summed E-state index contributed by atoms with van der Waals surface area (Å²) in [5.74, 6) is 0.326. The molecule has 0 amide bonds. The Morgan fingerprint density at radius 2 is 1.64 bits per heavy atom. The van der Waals surface area contributed by atoms with Crippen LogP contribution in [0.15, 0.2) is 54.6 Å². The normalized spacial score (nSPS) is 11.6. The van der Waals surface area contributed by atoms with Gasteiger partial charge in [0.25, 0.3) is 0 Å². The highest BCUT2D eigenvalue weighted by Crippen LogP contribution is 2.24. The zero-order chi connectivity index (χ0) is 15.7. The average molecular weight is 294 g/mol. The van der Waals surface area contributed by atoms with Gasteiger partial charge in [0.05, 0.1) is 10.9 Å². The second kappa shape index (κ2) is 5.30. The largest absolute Gasteiger partial charge is 0.338 e. The molecule has 0 aliphatic heterocycles. The van der Waals surface area contributed by atoms with Crippen molar-refractivity contribution in [2.24, 2.45) is 5.41 Å². The van der Waals surface area contributed by atoms with E-state index in [4.69, 9.17) is 4.84 Å². The highest BCUT2D eigenvalue weighted by molar-refractivity contribution is 5.82.